The normalized spacial score (nSPS) is 17.8. The van der Waals surface area contributed by atoms with E-state index in [-0.39, 0.29) is 5.82 Å². The van der Waals surface area contributed by atoms with Crippen LogP contribution in [0.15, 0.2) is 24.3 Å². The minimum absolute atomic E-state index is 0.150. The topological polar surface area (TPSA) is 12.0 Å². The molecule has 1 aliphatic carbocycles. The zero-order chi connectivity index (χ0) is 13.2. The fraction of sp³-hybridized carbons (Fsp3) is 0.625. The Morgan fingerprint density at radius 1 is 1.22 bits per heavy atom. The minimum Gasteiger partial charge on any atom is -0.310 e. The number of nitrogens with one attached hydrogen (secondary N) is 1. The Labute approximate surface area is 110 Å². The fourth-order valence-corrected chi connectivity index (χ4v) is 2.26. The van der Waals surface area contributed by atoms with Gasteiger partial charge in [-0.2, -0.15) is 0 Å². The van der Waals surface area contributed by atoms with Crippen LogP contribution in [0, 0.1) is 17.2 Å². The SMILES string of the molecule is CC(C)(C)CCNC(c1ccc(F)cc1)C1CC1. The summed E-state index contributed by atoms with van der Waals surface area (Å²) in [7, 11) is 0. The van der Waals surface area contributed by atoms with Gasteiger partial charge in [-0.1, -0.05) is 32.9 Å². The van der Waals surface area contributed by atoms with Crippen LogP contribution in [0.1, 0.15) is 51.6 Å². The quantitative estimate of drug-likeness (QED) is 0.820. The van der Waals surface area contributed by atoms with Crippen molar-refractivity contribution >= 4 is 0 Å². The first-order valence-corrected chi connectivity index (χ1v) is 6.94. The number of hydrogen-bond acceptors (Lipinski definition) is 1. The van der Waals surface area contributed by atoms with Crippen molar-refractivity contribution in [2.24, 2.45) is 11.3 Å². The van der Waals surface area contributed by atoms with Gasteiger partial charge in [-0.15, -0.1) is 0 Å². The van der Waals surface area contributed by atoms with Gasteiger partial charge in [0.25, 0.3) is 0 Å². The van der Waals surface area contributed by atoms with Crippen LogP contribution < -0.4 is 5.32 Å². The molecule has 1 atom stereocenters. The molecule has 1 aromatic carbocycles. The number of halogens is 1. The van der Waals surface area contributed by atoms with Crippen LogP contribution >= 0.6 is 0 Å². The zero-order valence-electron chi connectivity index (χ0n) is 11.7. The molecular weight excluding hydrogens is 225 g/mol. The summed E-state index contributed by atoms with van der Waals surface area (Å²) in [5, 5.41) is 3.65. The van der Waals surface area contributed by atoms with Gasteiger partial charge in [-0.3, -0.25) is 0 Å². The maximum atomic E-state index is 13.0. The highest BCUT2D eigenvalue weighted by Crippen LogP contribution is 2.41. The van der Waals surface area contributed by atoms with E-state index >= 15 is 0 Å². The molecule has 2 rings (SSSR count). The lowest BCUT2D eigenvalue weighted by molar-refractivity contribution is 0.347. The summed E-state index contributed by atoms with van der Waals surface area (Å²) in [6.07, 6.45) is 3.76. The standard InChI is InChI=1S/C16H24FN/c1-16(2,3)10-11-18-15(12-4-5-12)13-6-8-14(17)9-7-13/h6-9,12,15,18H,4-5,10-11H2,1-3H3. The van der Waals surface area contributed by atoms with E-state index in [4.69, 9.17) is 0 Å². The zero-order valence-corrected chi connectivity index (χ0v) is 11.7. The molecule has 100 valence electrons. The second-order valence-electron chi connectivity index (χ2n) is 6.63. The Hall–Kier alpha value is -0.890. The summed E-state index contributed by atoms with van der Waals surface area (Å²) in [5.41, 5.74) is 1.59. The molecule has 1 unspecified atom stereocenters. The highest BCUT2D eigenvalue weighted by atomic mass is 19.1. The molecule has 1 N–H and O–H groups in total. The van der Waals surface area contributed by atoms with Gasteiger partial charge < -0.3 is 5.32 Å². The molecule has 2 heteroatoms. The van der Waals surface area contributed by atoms with Crippen molar-refractivity contribution in [3.05, 3.63) is 35.6 Å². The number of rotatable bonds is 5. The third-order valence-electron chi connectivity index (χ3n) is 3.56. The summed E-state index contributed by atoms with van der Waals surface area (Å²) in [6.45, 7) is 7.82. The molecule has 1 aromatic rings. The first kappa shape index (κ1) is 13.5. The van der Waals surface area contributed by atoms with Crippen LogP contribution in [-0.4, -0.2) is 6.54 Å². The Kier molecular flexibility index (Phi) is 4.06. The molecule has 0 radical (unpaired) electrons. The van der Waals surface area contributed by atoms with E-state index in [0.717, 1.165) is 18.9 Å². The van der Waals surface area contributed by atoms with Crippen LogP contribution in [-0.2, 0) is 0 Å². The summed E-state index contributed by atoms with van der Waals surface area (Å²) in [5.74, 6) is 0.596. The maximum Gasteiger partial charge on any atom is 0.123 e. The van der Waals surface area contributed by atoms with Crippen molar-refractivity contribution < 1.29 is 4.39 Å². The van der Waals surface area contributed by atoms with E-state index in [1.54, 1.807) is 12.1 Å². The van der Waals surface area contributed by atoms with Crippen molar-refractivity contribution in [1.82, 2.24) is 5.32 Å². The molecule has 0 amide bonds. The molecule has 0 bridgehead atoms. The highest BCUT2D eigenvalue weighted by Gasteiger charge is 2.32. The van der Waals surface area contributed by atoms with Crippen LogP contribution in [0.4, 0.5) is 4.39 Å². The van der Waals surface area contributed by atoms with Gasteiger partial charge in [0.05, 0.1) is 0 Å². The van der Waals surface area contributed by atoms with E-state index in [1.807, 2.05) is 12.1 Å². The summed E-state index contributed by atoms with van der Waals surface area (Å²) in [4.78, 5) is 0. The van der Waals surface area contributed by atoms with Gasteiger partial charge in [0, 0.05) is 6.04 Å². The predicted molar refractivity (Wildman–Crippen MR) is 73.9 cm³/mol. The van der Waals surface area contributed by atoms with Crippen LogP contribution in [0.2, 0.25) is 0 Å². The molecule has 0 saturated heterocycles. The molecule has 0 aliphatic heterocycles. The van der Waals surface area contributed by atoms with Crippen LogP contribution in [0.25, 0.3) is 0 Å². The second kappa shape index (κ2) is 5.40. The molecule has 0 heterocycles. The van der Waals surface area contributed by atoms with E-state index in [2.05, 4.69) is 26.1 Å². The molecular formula is C16H24FN. The van der Waals surface area contributed by atoms with E-state index in [1.165, 1.54) is 18.4 Å². The van der Waals surface area contributed by atoms with Crippen LogP contribution in [0.3, 0.4) is 0 Å². The molecule has 0 aromatic heterocycles. The highest BCUT2D eigenvalue weighted by molar-refractivity contribution is 5.22. The lowest BCUT2D eigenvalue weighted by atomic mass is 9.92. The third kappa shape index (κ3) is 4.09. The predicted octanol–water partition coefficient (Wildman–Crippen LogP) is 4.30. The van der Waals surface area contributed by atoms with Gasteiger partial charge in [-0.25, -0.2) is 4.39 Å². The Morgan fingerprint density at radius 2 is 1.83 bits per heavy atom. The average Bonchev–Trinajstić information content (AvgIpc) is 3.08. The summed E-state index contributed by atoms with van der Waals surface area (Å²) in [6, 6.07) is 7.38. The van der Waals surface area contributed by atoms with Crippen molar-refractivity contribution in [3.8, 4) is 0 Å². The Bertz CT molecular complexity index is 373. The fourth-order valence-electron chi connectivity index (χ4n) is 2.26. The van der Waals surface area contributed by atoms with Gasteiger partial charge >= 0.3 is 0 Å². The Morgan fingerprint density at radius 3 is 2.33 bits per heavy atom. The lowest BCUT2D eigenvalue weighted by Gasteiger charge is -2.23. The van der Waals surface area contributed by atoms with Crippen molar-refractivity contribution in [1.29, 1.82) is 0 Å². The Balaban J connectivity index is 1.94. The average molecular weight is 249 g/mol. The largest absolute Gasteiger partial charge is 0.310 e. The van der Waals surface area contributed by atoms with Gasteiger partial charge in [0.2, 0.25) is 0 Å². The first-order chi connectivity index (χ1) is 8.46. The number of hydrogen-bond donors (Lipinski definition) is 1. The van der Waals surface area contributed by atoms with Crippen molar-refractivity contribution in [3.63, 3.8) is 0 Å². The summed E-state index contributed by atoms with van der Waals surface area (Å²) >= 11 is 0. The van der Waals surface area contributed by atoms with Crippen molar-refractivity contribution in [2.75, 3.05) is 6.54 Å². The molecule has 1 nitrogen and oxygen atoms in total. The molecule has 1 aliphatic rings. The van der Waals surface area contributed by atoms with Crippen LogP contribution in [0.5, 0.6) is 0 Å². The molecule has 1 fully saturated rings. The van der Waals surface area contributed by atoms with E-state index < -0.39 is 0 Å². The first-order valence-electron chi connectivity index (χ1n) is 6.94. The second-order valence-corrected chi connectivity index (χ2v) is 6.63. The molecule has 0 spiro atoms. The number of benzene rings is 1. The van der Waals surface area contributed by atoms with E-state index in [9.17, 15) is 4.39 Å². The van der Waals surface area contributed by atoms with E-state index in [0.29, 0.717) is 11.5 Å². The van der Waals surface area contributed by atoms with Gasteiger partial charge in [0.1, 0.15) is 5.82 Å². The monoisotopic (exact) mass is 249 g/mol. The minimum atomic E-state index is -0.150. The maximum absolute atomic E-state index is 13.0. The smallest absolute Gasteiger partial charge is 0.123 e. The lowest BCUT2D eigenvalue weighted by Crippen LogP contribution is -2.26. The molecule has 18 heavy (non-hydrogen) atoms. The molecule has 1 saturated carbocycles. The summed E-state index contributed by atoms with van der Waals surface area (Å²) < 4.78 is 13.0. The van der Waals surface area contributed by atoms with Crippen molar-refractivity contribution in [2.45, 2.75) is 46.1 Å². The third-order valence-corrected chi connectivity index (χ3v) is 3.56. The van der Waals surface area contributed by atoms with Gasteiger partial charge in [-0.05, 0) is 54.8 Å². The van der Waals surface area contributed by atoms with Gasteiger partial charge in [0.15, 0.2) is 0 Å².